The molecule has 6 heteroatoms. The van der Waals surface area contributed by atoms with Gasteiger partial charge in [-0.2, -0.15) is 24.3 Å². The molecule has 0 aliphatic carbocycles. The summed E-state index contributed by atoms with van der Waals surface area (Å²) < 4.78 is 0. The molecule has 0 saturated heterocycles. The van der Waals surface area contributed by atoms with Crippen LogP contribution in [0.5, 0.6) is 0 Å². The van der Waals surface area contributed by atoms with Crippen molar-refractivity contribution >= 4 is 62.1 Å². The first kappa shape index (κ1) is 63.2. The summed E-state index contributed by atoms with van der Waals surface area (Å²) in [6.07, 6.45) is 0. The van der Waals surface area contributed by atoms with Gasteiger partial charge in [0.2, 0.25) is 0 Å². The molecule has 0 N–H and O–H groups in total. The molecule has 0 saturated carbocycles. The molecule has 0 aromatic heterocycles. The van der Waals surface area contributed by atoms with Crippen molar-refractivity contribution in [3.8, 4) is 44.5 Å². The van der Waals surface area contributed by atoms with E-state index < -0.39 is 0 Å². The van der Waals surface area contributed by atoms with Crippen LogP contribution in [0, 0.1) is 27.7 Å². The Bertz CT molecular complexity index is 3000. The molecule has 0 atom stereocenters. The minimum Gasteiger partial charge on any atom is -1.00 e. The van der Waals surface area contributed by atoms with Crippen molar-refractivity contribution < 1.29 is 76.5 Å². The number of aryl methyl sites for hydroxylation is 4. The van der Waals surface area contributed by atoms with Crippen LogP contribution >= 0.6 is 0 Å². The number of fused-ring (bicyclic) bond motifs is 4. The second-order valence-electron chi connectivity index (χ2n) is 17.8. The molecule has 74 heavy (non-hydrogen) atoms. The van der Waals surface area contributed by atoms with E-state index in [2.05, 4.69) is 297 Å². The standard InChI is InChI=1S/4C16H13.2C2H6Si.2ClH.2Hf/c4*1-12-10-14-8-5-9-15(16(14)11-12)13-6-3-2-4-7-13;2*1-3-2;;;;/h4*2-11H,1H3;2*1-2H3;2*1H;;/q4*-1;;;;;;/p-2. The van der Waals surface area contributed by atoms with Crippen LogP contribution in [0.15, 0.2) is 243 Å². The first-order valence-electron chi connectivity index (χ1n) is 24.2. The van der Waals surface area contributed by atoms with E-state index in [1.807, 2.05) is 0 Å². The zero-order valence-corrected chi connectivity index (χ0v) is 54.5. The third-order valence-electron chi connectivity index (χ3n) is 11.9. The molecule has 12 aromatic rings. The third kappa shape index (κ3) is 17.0. The van der Waals surface area contributed by atoms with E-state index in [1.54, 1.807) is 0 Å². The largest absolute Gasteiger partial charge is 1.00 e. The molecule has 0 amide bonds. The predicted molar refractivity (Wildman–Crippen MR) is 314 cm³/mol. The van der Waals surface area contributed by atoms with Crippen molar-refractivity contribution in [3.05, 3.63) is 265 Å². The molecule has 0 aliphatic heterocycles. The van der Waals surface area contributed by atoms with E-state index >= 15 is 0 Å². The Morgan fingerprint density at radius 3 is 0.608 bits per heavy atom. The molecule has 0 bridgehead atoms. The maximum Gasteiger partial charge on any atom is 0.0307 e. The van der Waals surface area contributed by atoms with E-state index in [0.29, 0.717) is 0 Å². The van der Waals surface area contributed by atoms with E-state index in [9.17, 15) is 0 Å². The number of hydrogen-bond acceptors (Lipinski definition) is 0. The van der Waals surface area contributed by atoms with Gasteiger partial charge in [-0.05, 0) is 22.3 Å². The van der Waals surface area contributed by atoms with Crippen molar-refractivity contribution in [3.63, 3.8) is 0 Å². The zero-order chi connectivity index (χ0) is 49.2. The van der Waals surface area contributed by atoms with Crippen LogP contribution in [0.1, 0.15) is 22.3 Å². The monoisotopic (exact) mass is 1370 g/mol. The quantitative estimate of drug-likeness (QED) is 0.122. The Balaban J connectivity index is 0.000000247. The van der Waals surface area contributed by atoms with Crippen LogP contribution in [-0.4, -0.2) is 19.0 Å². The van der Waals surface area contributed by atoms with Gasteiger partial charge in [-0.3, -0.25) is 0 Å². The molecule has 372 valence electrons. The fourth-order valence-corrected chi connectivity index (χ4v) is 9.02. The van der Waals surface area contributed by atoms with Gasteiger partial charge in [0.15, 0.2) is 0 Å². The van der Waals surface area contributed by atoms with Crippen LogP contribution in [0.2, 0.25) is 26.2 Å². The first-order valence-corrected chi connectivity index (χ1v) is 28.2. The molecule has 0 unspecified atom stereocenters. The van der Waals surface area contributed by atoms with Crippen molar-refractivity contribution in [1.82, 2.24) is 0 Å². The van der Waals surface area contributed by atoms with Crippen molar-refractivity contribution in [2.75, 3.05) is 0 Å². The van der Waals surface area contributed by atoms with Gasteiger partial charge in [0.25, 0.3) is 0 Å². The van der Waals surface area contributed by atoms with Crippen LogP contribution in [0.4, 0.5) is 0 Å². The number of hydrogen-bond donors (Lipinski definition) is 0. The topological polar surface area (TPSA) is 0 Å². The summed E-state index contributed by atoms with van der Waals surface area (Å²) in [5.74, 6) is 0. The Kier molecular flexibility index (Phi) is 27.7. The van der Waals surface area contributed by atoms with Gasteiger partial charge in [0.05, 0.1) is 0 Å². The summed E-state index contributed by atoms with van der Waals surface area (Å²) in [5.41, 5.74) is 15.8. The smallest absolute Gasteiger partial charge is 0.0307 e. The molecule has 4 radical (unpaired) electrons. The summed E-state index contributed by atoms with van der Waals surface area (Å²) in [7, 11) is 2.17. The van der Waals surface area contributed by atoms with Crippen LogP contribution in [-0.2, 0) is 51.7 Å². The molecular formula is C68H64Cl2Hf2Si2-6. The second-order valence-corrected chi connectivity index (χ2v) is 19.8. The van der Waals surface area contributed by atoms with Crippen molar-refractivity contribution in [1.29, 1.82) is 0 Å². The molecule has 0 fully saturated rings. The van der Waals surface area contributed by atoms with Crippen molar-refractivity contribution in [2.45, 2.75) is 53.9 Å². The van der Waals surface area contributed by atoms with Crippen LogP contribution < -0.4 is 24.8 Å². The fourth-order valence-electron chi connectivity index (χ4n) is 9.02. The maximum atomic E-state index is 2.26. The van der Waals surface area contributed by atoms with Gasteiger partial charge in [-0.25, -0.2) is 0 Å². The minimum absolute atomic E-state index is 0. The molecule has 0 spiro atoms. The van der Waals surface area contributed by atoms with Crippen LogP contribution in [0.25, 0.3) is 87.6 Å². The van der Waals surface area contributed by atoms with Crippen LogP contribution in [0.3, 0.4) is 0 Å². The van der Waals surface area contributed by atoms with Crippen molar-refractivity contribution in [2.24, 2.45) is 0 Å². The van der Waals surface area contributed by atoms with Gasteiger partial charge >= 0.3 is 0 Å². The minimum atomic E-state index is 0. The second kappa shape index (κ2) is 32.4. The van der Waals surface area contributed by atoms with Gasteiger partial charge in [-0.15, -0.1) is 138 Å². The Morgan fingerprint density at radius 2 is 0.432 bits per heavy atom. The average Bonchev–Trinajstić information content (AvgIpc) is 4.18. The summed E-state index contributed by atoms with van der Waals surface area (Å²) >= 11 is 0. The Hall–Kier alpha value is -5.05. The molecular weight excluding hydrogens is 1300 g/mol. The number of rotatable bonds is 4. The molecule has 12 rings (SSSR count). The Labute approximate surface area is 497 Å². The van der Waals surface area contributed by atoms with Gasteiger partial charge < -0.3 is 24.8 Å². The summed E-state index contributed by atoms with van der Waals surface area (Å²) in [6, 6.07) is 86.2. The zero-order valence-electron chi connectivity index (χ0n) is 43.8. The normalized spacial score (nSPS) is 9.84. The summed E-state index contributed by atoms with van der Waals surface area (Å²) in [4.78, 5) is 0. The maximum absolute atomic E-state index is 2.26. The third-order valence-corrected chi connectivity index (χ3v) is 11.9. The average molecular weight is 1370 g/mol. The molecule has 0 heterocycles. The van der Waals surface area contributed by atoms with Gasteiger partial charge in [0.1, 0.15) is 0 Å². The van der Waals surface area contributed by atoms with Gasteiger partial charge in [-0.1, -0.05) is 222 Å². The molecule has 0 aliphatic rings. The predicted octanol–water partition coefficient (Wildman–Crippen LogP) is 13.7. The first-order chi connectivity index (χ1) is 34.2. The van der Waals surface area contributed by atoms with Gasteiger partial charge in [0, 0.05) is 70.7 Å². The summed E-state index contributed by atoms with van der Waals surface area (Å²) in [5, 5.41) is 10.7. The molecule has 0 nitrogen and oxygen atoms in total. The SMILES string of the molecule is C[Si]C.C[Si]C.Cc1cc2c(-c3ccccc3)cccc2[cH-]1.Cc1cc2c(-c3ccccc3)cccc2[cH-]1.Cc1cc2c(-c3ccccc3)cccc2[cH-]1.Cc1cc2c(-c3ccccc3)cccc2[cH-]1.[Cl-].[Cl-].[Hf].[Hf]. The number of halogens is 2. The van der Waals surface area contributed by atoms with E-state index in [-0.39, 0.29) is 76.5 Å². The fraction of sp³-hybridized carbons (Fsp3) is 0.118. The van der Waals surface area contributed by atoms with E-state index in [1.165, 1.54) is 110 Å². The Morgan fingerprint density at radius 1 is 0.257 bits per heavy atom. The van der Waals surface area contributed by atoms with E-state index in [0.717, 1.165) is 19.0 Å². The van der Waals surface area contributed by atoms with E-state index in [4.69, 9.17) is 0 Å². The number of benzene rings is 8. The molecule has 12 aromatic carbocycles. The summed E-state index contributed by atoms with van der Waals surface area (Å²) in [6.45, 7) is 17.2.